The van der Waals surface area contributed by atoms with Gasteiger partial charge in [0.05, 0.1) is 6.04 Å². The van der Waals surface area contributed by atoms with E-state index in [0.717, 1.165) is 38.0 Å². The zero-order chi connectivity index (χ0) is 20.4. The Labute approximate surface area is 183 Å². The molecule has 0 bridgehead atoms. The maximum Gasteiger partial charge on any atom is 0.223 e. The molecule has 0 saturated carbocycles. The van der Waals surface area contributed by atoms with Crippen LogP contribution in [0.1, 0.15) is 54.5 Å². The van der Waals surface area contributed by atoms with E-state index in [0.29, 0.717) is 10.0 Å². The predicted molar refractivity (Wildman–Crippen MR) is 119 cm³/mol. The minimum absolute atomic E-state index is 0.0549. The van der Waals surface area contributed by atoms with Gasteiger partial charge in [0.25, 0.3) is 0 Å². The van der Waals surface area contributed by atoms with Crippen molar-refractivity contribution in [3.05, 3.63) is 68.7 Å². The third-order valence-electron chi connectivity index (χ3n) is 6.35. The lowest BCUT2D eigenvalue weighted by atomic mass is 9.94. The van der Waals surface area contributed by atoms with E-state index >= 15 is 0 Å². The van der Waals surface area contributed by atoms with Crippen LogP contribution in [0.4, 0.5) is 0 Å². The number of amides is 1. The molecule has 2 aromatic carbocycles. The molecule has 1 fully saturated rings. The number of benzene rings is 2. The molecule has 0 aromatic heterocycles. The molecule has 154 valence electrons. The smallest absolute Gasteiger partial charge is 0.223 e. The number of likely N-dealkylation sites (tertiary alicyclic amines) is 1. The molecule has 1 saturated heterocycles. The molecule has 5 heteroatoms. The summed E-state index contributed by atoms with van der Waals surface area (Å²) in [7, 11) is 0. The maximum absolute atomic E-state index is 12.8. The Kier molecular flexibility index (Phi) is 6.48. The first-order valence-electron chi connectivity index (χ1n) is 10.6. The highest BCUT2D eigenvalue weighted by atomic mass is 35.5. The molecule has 0 spiro atoms. The Balaban J connectivity index is 1.28. The van der Waals surface area contributed by atoms with Crippen LogP contribution in [0.15, 0.2) is 36.4 Å². The van der Waals surface area contributed by atoms with Gasteiger partial charge in [0.15, 0.2) is 0 Å². The lowest BCUT2D eigenvalue weighted by molar-refractivity contribution is -0.127. The molecule has 0 unspecified atom stereocenters. The van der Waals surface area contributed by atoms with Crippen LogP contribution < -0.4 is 5.32 Å². The highest BCUT2D eigenvalue weighted by Crippen LogP contribution is 2.27. The molecule has 0 radical (unpaired) electrons. The van der Waals surface area contributed by atoms with Crippen LogP contribution in [0.25, 0.3) is 0 Å². The fraction of sp³-hybridized carbons (Fsp3) is 0.458. The van der Waals surface area contributed by atoms with Gasteiger partial charge in [-0.3, -0.25) is 9.69 Å². The number of halogens is 2. The second-order valence-electron chi connectivity index (χ2n) is 8.40. The maximum atomic E-state index is 12.8. The Bertz CT molecular complexity index is 890. The highest BCUT2D eigenvalue weighted by molar-refractivity contribution is 6.35. The van der Waals surface area contributed by atoms with Gasteiger partial charge < -0.3 is 5.32 Å². The van der Waals surface area contributed by atoms with Crippen LogP contribution in [0, 0.1) is 5.92 Å². The van der Waals surface area contributed by atoms with Crippen molar-refractivity contribution in [1.29, 1.82) is 0 Å². The summed E-state index contributed by atoms with van der Waals surface area (Å²) in [5.41, 5.74) is 5.23. The quantitative estimate of drug-likeness (QED) is 0.671. The zero-order valence-electron chi connectivity index (χ0n) is 16.9. The van der Waals surface area contributed by atoms with Crippen LogP contribution in [-0.2, 0) is 24.2 Å². The average molecular weight is 431 g/mol. The molecule has 29 heavy (non-hydrogen) atoms. The number of hydrogen-bond donors (Lipinski definition) is 1. The molecule has 3 nitrogen and oxygen atoms in total. The topological polar surface area (TPSA) is 32.3 Å². The lowest BCUT2D eigenvalue weighted by Crippen LogP contribution is -2.40. The molecular weight excluding hydrogens is 403 g/mol. The van der Waals surface area contributed by atoms with E-state index in [9.17, 15) is 4.79 Å². The van der Waals surface area contributed by atoms with Crippen LogP contribution in [0.3, 0.4) is 0 Å². The van der Waals surface area contributed by atoms with E-state index in [1.54, 1.807) is 6.07 Å². The number of aryl methyl sites for hydroxylation is 2. The number of carbonyl (C=O) groups is 1. The Morgan fingerprint density at radius 2 is 1.86 bits per heavy atom. The van der Waals surface area contributed by atoms with Gasteiger partial charge in [0, 0.05) is 22.5 Å². The molecule has 1 aliphatic heterocycles. The fourth-order valence-corrected chi connectivity index (χ4v) is 4.99. The summed E-state index contributed by atoms with van der Waals surface area (Å²) in [5, 5.41) is 4.61. The van der Waals surface area contributed by atoms with Crippen molar-refractivity contribution in [2.75, 3.05) is 13.1 Å². The first-order valence-corrected chi connectivity index (χ1v) is 11.3. The van der Waals surface area contributed by atoms with Crippen LogP contribution in [0.5, 0.6) is 0 Å². The van der Waals surface area contributed by atoms with Gasteiger partial charge in [-0.15, -0.1) is 0 Å². The van der Waals surface area contributed by atoms with E-state index < -0.39 is 0 Å². The van der Waals surface area contributed by atoms with Gasteiger partial charge in [-0.05, 0) is 86.5 Å². The third kappa shape index (κ3) is 4.96. The largest absolute Gasteiger partial charge is 0.349 e. The van der Waals surface area contributed by atoms with Gasteiger partial charge in [-0.2, -0.15) is 0 Å². The van der Waals surface area contributed by atoms with Crippen molar-refractivity contribution in [2.45, 2.75) is 51.6 Å². The lowest BCUT2D eigenvalue weighted by Gasteiger charge is -2.32. The van der Waals surface area contributed by atoms with E-state index in [1.807, 2.05) is 12.1 Å². The van der Waals surface area contributed by atoms with Crippen molar-refractivity contribution < 1.29 is 4.79 Å². The Morgan fingerprint density at radius 3 is 2.62 bits per heavy atom. The van der Waals surface area contributed by atoms with E-state index in [1.165, 1.54) is 36.0 Å². The first kappa shape index (κ1) is 20.7. The predicted octanol–water partition coefficient (Wildman–Crippen LogP) is 5.57. The molecule has 1 aliphatic carbocycles. The summed E-state index contributed by atoms with van der Waals surface area (Å²) < 4.78 is 0. The van der Waals surface area contributed by atoms with Gasteiger partial charge in [0.2, 0.25) is 5.91 Å². The third-order valence-corrected chi connectivity index (χ3v) is 6.94. The van der Waals surface area contributed by atoms with Crippen molar-refractivity contribution in [3.8, 4) is 0 Å². The summed E-state index contributed by atoms with van der Waals surface area (Å²) in [5.74, 6) is 0.269. The minimum atomic E-state index is 0.0549. The average Bonchev–Trinajstić information content (AvgIpc) is 3.18. The summed E-state index contributed by atoms with van der Waals surface area (Å²) in [4.78, 5) is 15.2. The van der Waals surface area contributed by atoms with Crippen molar-refractivity contribution >= 4 is 29.1 Å². The Morgan fingerprint density at radius 1 is 1.10 bits per heavy atom. The SMILES string of the molecule is C[C@H](NC(=O)C1CCN(Cc2ccc(Cl)cc2Cl)CC1)c1ccc2c(c1)CCC2. The second kappa shape index (κ2) is 9.07. The van der Waals surface area contributed by atoms with Gasteiger partial charge in [-0.1, -0.05) is 47.5 Å². The normalized spacial score (nSPS) is 18.4. The molecule has 1 amide bonds. The summed E-state index contributed by atoms with van der Waals surface area (Å²) in [6, 6.07) is 12.4. The highest BCUT2D eigenvalue weighted by Gasteiger charge is 2.26. The summed E-state index contributed by atoms with van der Waals surface area (Å²) in [6.07, 6.45) is 5.37. The first-order chi connectivity index (χ1) is 14.0. The standard InChI is InChI=1S/C24H28Cl2N2O/c1-16(19-6-5-17-3-2-4-20(17)13-19)27-24(29)18-9-11-28(12-10-18)15-21-7-8-22(25)14-23(21)26/h5-8,13-14,16,18H,2-4,9-12,15H2,1H3,(H,27,29)/t16-/m0/s1. The van der Waals surface area contributed by atoms with Crippen LogP contribution >= 0.6 is 23.2 Å². The number of carbonyl (C=O) groups excluding carboxylic acids is 1. The number of nitrogens with zero attached hydrogens (tertiary/aromatic N) is 1. The number of rotatable bonds is 5. The van der Waals surface area contributed by atoms with Gasteiger partial charge >= 0.3 is 0 Å². The molecule has 1 atom stereocenters. The van der Waals surface area contributed by atoms with E-state index in [-0.39, 0.29) is 17.9 Å². The summed E-state index contributed by atoms with van der Waals surface area (Å²) >= 11 is 12.3. The number of piperidine rings is 1. The number of fused-ring (bicyclic) bond motifs is 1. The van der Waals surface area contributed by atoms with Gasteiger partial charge in [-0.25, -0.2) is 0 Å². The molecule has 1 heterocycles. The Hall–Kier alpha value is -1.55. The molecular formula is C24H28Cl2N2O. The monoisotopic (exact) mass is 430 g/mol. The fourth-order valence-electron chi connectivity index (χ4n) is 4.52. The molecule has 2 aliphatic rings. The van der Waals surface area contributed by atoms with E-state index in [4.69, 9.17) is 23.2 Å². The van der Waals surface area contributed by atoms with Gasteiger partial charge in [0.1, 0.15) is 0 Å². The second-order valence-corrected chi connectivity index (χ2v) is 9.24. The molecule has 1 N–H and O–H groups in total. The minimum Gasteiger partial charge on any atom is -0.349 e. The van der Waals surface area contributed by atoms with Crippen LogP contribution in [0.2, 0.25) is 10.0 Å². The van der Waals surface area contributed by atoms with Crippen molar-refractivity contribution in [1.82, 2.24) is 10.2 Å². The number of hydrogen-bond acceptors (Lipinski definition) is 2. The number of nitrogens with one attached hydrogen (secondary N) is 1. The zero-order valence-corrected chi connectivity index (χ0v) is 18.4. The van der Waals surface area contributed by atoms with E-state index in [2.05, 4.69) is 35.3 Å². The van der Waals surface area contributed by atoms with Crippen LogP contribution in [-0.4, -0.2) is 23.9 Å². The molecule has 4 rings (SSSR count). The van der Waals surface area contributed by atoms with Crippen molar-refractivity contribution in [3.63, 3.8) is 0 Å². The molecule has 2 aromatic rings. The summed E-state index contributed by atoms with van der Waals surface area (Å²) in [6.45, 7) is 4.71. The van der Waals surface area contributed by atoms with Crippen molar-refractivity contribution in [2.24, 2.45) is 5.92 Å².